The second-order valence-electron chi connectivity index (χ2n) is 11.8. The second-order valence-corrected chi connectivity index (χ2v) is 11.8. The zero-order chi connectivity index (χ0) is 21.8. The van der Waals surface area contributed by atoms with Gasteiger partial charge in [-0.15, -0.1) is 0 Å². The molecule has 0 spiro atoms. The standard InChI is InChI=1S/C28H30N4/c1-27(2)17-5-15-7-23(29-11-19(15)21(27)9-17)25-13-32-26(14-31-25)24-8-16-6-18-10-22(28(18,3)4)20(16)12-30-24/h7-8,11-14,17-18,21-22H,5-6,9-10H2,1-4H3/t17-,18-,21-,22-/m1/s1. The molecular weight excluding hydrogens is 392 g/mol. The third-order valence-corrected chi connectivity index (χ3v) is 9.85. The number of hydrogen-bond acceptors (Lipinski definition) is 4. The highest BCUT2D eigenvalue weighted by atomic mass is 14.9. The summed E-state index contributed by atoms with van der Waals surface area (Å²) in [5.74, 6) is 2.93. The first-order valence-electron chi connectivity index (χ1n) is 12.1. The van der Waals surface area contributed by atoms with E-state index in [1.54, 1.807) is 0 Å². The zero-order valence-electron chi connectivity index (χ0n) is 19.4. The maximum absolute atomic E-state index is 4.77. The maximum atomic E-state index is 4.77. The van der Waals surface area contributed by atoms with Crippen LogP contribution in [0.5, 0.6) is 0 Å². The maximum Gasteiger partial charge on any atom is 0.107 e. The third-order valence-electron chi connectivity index (χ3n) is 9.85. The van der Waals surface area contributed by atoms with Crippen molar-refractivity contribution in [1.82, 2.24) is 19.9 Å². The van der Waals surface area contributed by atoms with Crippen molar-refractivity contribution in [2.75, 3.05) is 0 Å². The second kappa shape index (κ2) is 6.03. The largest absolute Gasteiger partial charge is 0.254 e. The molecule has 4 heteroatoms. The van der Waals surface area contributed by atoms with Crippen LogP contribution in [0.25, 0.3) is 22.8 Å². The van der Waals surface area contributed by atoms with E-state index in [0.717, 1.165) is 47.5 Å². The van der Waals surface area contributed by atoms with Crippen molar-refractivity contribution in [3.05, 3.63) is 59.2 Å². The number of pyridine rings is 2. The van der Waals surface area contributed by atoms with Crippen molar-refractivity contribution in [2.24, 2.45) is 22.7 Å². The highest BCUT2D eigenvalue weighted by molar-refractivity contribution is 5.61. The topological polar surface area (TPSA) is 51.6 Å². The van der Waals surface area contributed by atoms with E-state index in [2.05, 4.69) is 52.2 Å². The molecule has 3 aromatic rings. The molecule has 162 valence electrons. The van der Waals surface area contributed by atoms with Gasteiger partial charge in [-0.05, 0) is 94.6 Å². The predicted octanol–water partition coefficient (Wildman–Crippen LogP) is 5.97. The van der Waals surface area contributed by atoms with E-state index in [1.165, 1.54) is 35.1 Å². The number of hydrogen-bond donors (Lipinski definition) is 0. The molecule has 2 saturated carbocycles. The molecule has 32 heavy (non-hydrogen) atoms. The van der Waals surface area contributed by atoms with Gasteiger partial charge in [0.15, 0.2) is 0 Å². The van der Waals surface area contributed by atoms with Gasteiger partial charge in [0.25, 0.3) is 0 Å². The van der Waals surface area contributed by atoms with E-state index in [9.17, 15) is 0 Å². The van der Waals surface area contributed by atoms with Gasteiger partial charge in [-0.25, -0.2) is 0 Å². The minimum atomic E-state index is 0.426. The van der Waals surface area contributed by atoms with Gasteiger partial charge < -0.3 is 0 Å². The lowest BCUT2D eigenvalue weighted by Crippen LogP contribution is -2.48. The average Bonchev–Trinajstić information content (AvgIpc) is 2.82. The lowest BCUT2D eigenvalue weighted by atomic mass is 9.47. The van der Waals surface area contributed by atoms with Gasteiger partial charge in [0.1, 0.15) is 11.4 Å². The molecule has 9 rings (SSSR count). The van der Waals surface area contributed by atoms with Crippen molar-refractivity contribution in [3.8, 4) is 22.8 Å². The molecule has 4 bridgehead atoms. The molecule has 4 atom stereocenters. The molecule has 6 aliphatic rings. The summed E-state index contributed by atoms with van der Waals surface area (Å²) < 4.78 is 0. The van der Waals surface area contributed by atoms with Crippen LogP contribution in [-0.4, -0.2) is 19.9 Å². The summed E-state index contributed by atoms with van der Waals surface area (Å²) in [6, 6.07) is 4.50. The molecule has 0 aromatic carbocycles. The Hall–Kier alpha value is -2.62. The van der Waals surface area contributed by atoms with Gasteiger partial charge in [-0.3, -0.25) is 19.9 Å². The van der Waals surface area contributed by atoms with Crippen LogP contribution in [-0.2, 0) is 12.8 Å². The Morgan fingerprint density at radius 2 is 1.00 bits per heavy atom. The number of nitrogens with zero attached hydrogens (tertiary/aromatic N) is 4. The quantitative estimate of drug-likeness (QED) is 0.510. The Kier molecular flexibility index (Phi) is 3.56. The van der Waals surface area contributed by atoms with Crippen molar-refractivity contribution < 1.29 is 0 Å². The Morgan fingerprint density at radius 3 is 1.38 bits per heavy atom. The summed E-state index contributed by atoms with van der Waals surface area (Å²) >= 11 is 0. The van der Waals surface area contributed by atoms with E-state index in [1.807, 2.05) is 12.4 Å². The Morgan fingerprint density at radius 1 is 0.594 bits per heavy atom. The monoisotopic (exact) mass is 422 g/mol. The van der Waals surface area contributed by atoms with Crippen LogP contribution >= 0.6 is 0 Å². The van der Waals surface area contributed by atoms with Gasteiger partial charge in [-0.2, -0.15) is 0 Å². The minimum absolute atomic E-state index is 0.426. The van der Waals surface area contributed by atoms with Crippen LogP contribution in [0.15, 0.2) is 36.9 Å². The van der Waals surface area contributed by atoms with Crippen molar-refractivity contribution in [1.29, 1.82) is 0 Å². The van der Waals surface area contributed by atoms with E-state index in [0.29, 0.717) is 22.7 Å². The van der Waals surface area contributed by atoms with Crippen molar-refractivity contribution in [2.45, 2.75) is 65.2 Å². The SMILES string of the molecule is CC1(C)[C@@H]2Cc3cc(-c4cnc(-c5cc6c(cn5)[C@H]5C[C@@H](C6)C5(C)C)cn4)ncc3[C@H]1C2. The van der Waals surface area contributed by atoms with Gasteiger partial charge in [0.2, 0.25) is 0 Å². The zero-order valence-corrected chi connectivity index (χ0v) is 19.4. The summed E-state index contributed by atoms with van der Waals surface area (Å²) in [4.78, 5) is 19.0. The fraction of sp³-hybridized carbons (Fsp3) is 0.500. The molecule has 3 heterocycles. The highest BCUT2D eigenvalue weighted by Crippen LogP contribution is 2.63. The van der Waals surface area contributed by atoms with E-state index in [-0.39, 0.29) is 0 Å². The van der Waals surface area contributed by atoms with Crippen LogP contribution in [0.4, 0.5) is 0 Å². The Labute approximate surface area is 190 Å². The fourth-order valence-corrected chi connectivity index (χ4v) is 7.18. The molecule has 4 nitrogen and oxygen atoms in total. The first-order valence-corrected chi connectivity index (χ1v) is 12.1. The molecule has 0 unspecified atom stereocenters. The van der Waals surface area contributed by atoms with Gasteiger partial charge >= 0.3 is 0 Å². The molecule has 0 N–H and O–H groups in total. The molecule has 0 aliphatic heterocycles. The fourth-order valence-electron chi connectivity index (χ4n) is 7.18. The highest BCUT2D eigenvalue weighted by Gasteiger charge is 2.53. The molecule has 0 amide bonds. The molecule has 3 aromatic heterocycles. The average molecular weight is 423 g/mol. The summed E-state index contributed by atoms with van der Waals surface area (Å²) in [6.07, 6.45) is 12.9. The number of rotatable bonds is 2. The van der Waals surface area contributed by atoms with Gasteiger partial charge in [0.05, 0.1) is 23.8 Å². The number of aromatic nitrogens is 4. The third kappa shape index (κ3) is 2.39. The molecule has 6 aliphatic carbocycles. The summed E-state index contributed by atoms with van der Waals surface area (Å²) in [7, 11) is 0. The molecule has 2 fully saturated rings. The van der Waals surface area contributed by atoms with Gasteiger partial charge in [0, 0.05) is 12.4 Å². The first-order chi connectivity index (χ1) is 15.3. The lowest BCUT2D eigenvalue weighted by molar-refractivity contribution is 0.0183. The van der Waals surface area contributed by atoms with E-state index < -0.39 is 0 Å². The Bertz CT molecular complexity index is 1160. The van der Waals surface area contributed by atoms with E-state index in [4.69, 9.17) is 19.9 Å². The van der Waals surface area contributed by atoms with Crippen LogP contribution in [0, 0.1) is 22.7 Å². The summed E-state index contributed by atoms with van der Waals surface area (Å²) in [6.45, 7) is 9.63. The van der Waals surface area contributed by atoms with E-state index >= 15 is 0 Å². The van der Waals surface area contributed by atoms with Crippen LogP contribution in [0.3, 0.4) is 0 Å². The molecule has 0 radical (unpaired) electrons. The predicted molar refractivity (Wildman–Crippen MR) is 125 cm³/mol. The molecule has 0 saturated heterocycles. The minimum Gasteiger partial charge on any atom is -0.254 e. The van der Waals surface area contributed by atoms with Gasteiger partial charge in [-0.1, -0.05) is 27.7 Å². The normalized spacial score (nSPS) is 29.9. The van der Waals surface area contributed by atoms with Crippen LogP contribution in [0.1, 0.15) is 74.6 Å². The van der Waals surface area contributed by atoms with Crippen LogP contribution < -0.4 is 0 Å². The summed E-state index contributed by atoms with van der Waals surface area (Å²) in [5.41, 5.74) is 10.2. The van der Waals surface area contributed by atoms with Crippen LogP contribution in [0.2, 0.25) is 0 Å². The molecular formula is C28H30N4. The summed E-state index contributed by atoms with van der Waals surface area (Å²) in [5, 5.41) is 0. The first kappa shape index (κ1) is 18.9. The lowest BCUT2D eigenvalue weighted by Gasteiger charge is -2.57. The van der Waals surface area contributed by atoms with Crippen molar-refractivity contribution >= 4 is 0 Å². The smallest absolute Gasteiger partial charge is 0.107 e. The van der Waals surface area contributed by atoms with Crippen molar-refractivity contribution in [3.63, 3.8) is 0 Å². The Balaban J connectivity index is 1.17.